The van der Waals surface area contributed by atoms with Crippen LogP contribution in [0, 0.1) is 13.8 Å². The molecule has 8 heteroatoms. The van der Waals surface area contributed by atoms with Crippen LogP contribution in [0.25, 0.3) is 11.5 Å². The molecule has 0 unspecified atom stereocenters. The lowest BCUT2D eigenvalue weighted by molar-refractivity contribution is 0.402. The number of nitrogens with one attached hydrogen (secondary N) is 1. The highest BCUT2D eigenvalue weighted by Gasteiger charge is 2.20. The van der Waals surface area contributed by atoms with E-state index in [2.05, 4.69) is 14.9 Å². The van der Waals surface area contributed by atoms with Gasteiger partial charge in [0.05, 0.1) is 13.7 Å². The van der Waals surface area contributed by atoms with E-state index >= 15 is 0 Å². The van der Waals surface area contributed by atoms with E-state index in [-0.39, 0.29) is 23.1 Å². The van der Waals surface area contributed by atoms with Gasteiger partial charge in [-0.3, -0.25) is 0 Å². The summed E-state index contributed by atoms with van der Waals surface area (Å²) in [7, 11) is -2.36. The van der Waals surface area contributed by atoms with Crippen LogP contribution in [-0.4, -0.2) is 25.7 Å². The number of nitrogens with zero attached hydrogens (tertiary/aromatic N) is 2. The maximum Gasteiger partial charge on any atom is 0.247 e. The number of benzene rings is 2. The lowest BCUT2D eigenvalue weighted by Crippen LogP contribution is -2.24. The SMILES string of the molecule is COc1ccc(C)cc1S(=O)(=O)NCc1nnc(-c2ccc(C)cc2)o1. The first kappa shape index (κ1) is 18.1. The van der Waals surface area contributed by atoms with Crippen LogP contribution in [0.4, 0.5) is 0 Å². The number of sulfonamides is 1. The number of aromatic nitrogens is 2. The molecule has 0 amide bonds. The summed E-state index contributed by atoms with van der Waals surface area (Å²) in [5, 5.41) is 7.86. The molecule has 26 heavy (non-hydrogen) atoms. The standard InChI is InChI=1S/C18H19N3O4S/c1-12-4-7-14(8-5-12)18-21-20-17(25-18)11-19-26(22,23)16-10-13(2)6-9-15(16)24-3/h4-10,19H,11H2,1-3H3. The molecule has 0 bridgehead atoms. The van der Waals surface area contributed by atoms with Crippen LogP contribution >= 0.6 is 0 Å². The smallest absolute Gasteiger partial charge is 0.247 e. The summed E-state index contributed by atoms with van der Waals surface area (Å²) in [6.07, 6.45) is 0. The highest BCUT2D eigenvalue weighted by molar-refractivity contribution is 7.89. The maximum atomic E-state index is 12.6. The summed E-state index contributed by atoms with van der Waals surface area (Å²) in [5.41, 5.74) is 2.71. The molecule has 1 heterocycles. The Morgan fingerprint density at radius 3 is 2.42 bits per heavy atom. The van der Waals surface area contributed by atoms with Gasteiger partial charge in [-0.1, -0.05) is 23.8 Å². The minimum atomic E-state index is -3.79. The number of methoxy groups -OCH3 is 1. The van der Waals surface area contributed by atoms with Crippen molar-refractivity contribution in [2.75, 3.05) is 7.11 Å². The van der Waals surface area contributed by atoms with Crippen LogP contribution in [0.15, 0.2) is 51.8 Å². The lowest BCUT2D eigenvalue weighted by atomic mass is 10.1. The van der Waals surface area contributed by atoms with Gasteiger partial charge in [0.25, 0.3) is 0 Å². The van der Waals surface area contributed by atoms with Crippen LogP contribution < -0.4 is 9.46 Å². The normalized spacial score (nSPS) is 11.5. The van der Waals surface area contributed by atoms with Gasteiger partial charge in [-0.15, -0.1) is 10.2 Å². The summed E-state index contributed by atoms with van der Waals surface area (Å²) in [5.74, 6) is 0.789. The molecule has 0 saturated heterocycles. The van der Waals surface area contributed by atoms with E-state index in [0.29, 0.717) is 5.89 Å². The predicted molar refractivity (Wildman–Crippen MR) is 96.2 cm³/mol. The zero-order valence-electron chi connectivity index (χ0n) is 14.7. The van der Waals surface area contributed by atoms with Gasteiger partial charge < -0.3 is 9.15 Å². The molecule has 1 aromatic heterocycles. The van der Waals surface area contributed by atoms with Crippen LogP contribution in [0.1, 0.15) is 17.0 Å². The molecule has 0 aliphatic heterocycles. The van der Waals surface area contributed by atoms with Crippen molar-refractivity contribution in [1.82, 2.24) is 14.9 Å². The van der Waals surface area contributed by atoms with Crippen molar-refractivity contribution < 1.29 is 17.6 Å². The van der Waals surface area contributed by atoms with Gasteiger partial charge >= 0.3 is 0 Å². The monoisotopic (exact) mass is 373 g/mol. The molecular weight excluding hydrogens is 354 g/mol. The second-order valence-corrected chi connectivity index (χ2v) is 7.58. The summed E-state index contributed by atoms with van der Waals surface area (Å²) in [4.78, 5) is 0.0678. The van der Waals surface area contributed by atoms with Gasteiger partial charge in [0.1, 0.15) is 10.6 Å². The first-order chi connectivity index (χ1) is 12.4. The third kappa shape index (κ3) is 3.92. The molecule has 1 N–H and O–H groups in total. The van der Waals surface area contributed by atoms with E-state index < -0.39 is 10.0 Å². The van der Waals surface area contributed by atoms with Gasteiger partial charge in [-0.05, 0) is 43.7 Å². The topological polar surface area (TPSA) is 94.3 Å². The molecule has 0 aliphatic rings. The van der Waals surface area contributed by atoms with Crippen molar-refractivity contribution in [1.29, 1.82) is 0 Å². The number of ether oxygens (including phenoxy) is 1. The zero-order chi connectivity index (χ0) is 18.7. The predicted octanol–water partition coefficient (Wildman–Crippen LogP) is 2.84. The molecular formula is C18H19N3O4S. The Bertz CT molecular complexity index is 1010. The molecule has 3 aromatic rings. The van der Waals surface area contributed by atoms with Crippen molar-refractivity contribution in [2.24, 2.45) is 0 Å². The Labute approximate surface area is 152 Å². The van der Waals surface area contributed by atoms with Crippen LogP contribution in [-0.2, 0) is 16.6 Å². The molecule has 0 atom stereocenters. The average Bonchev–Trinajstić information content (AvgIpc) is 3.10. The van der Waals surface area contributed by atoms with Gasteiger partial charge in [0.2, 0.25) is 21.8 Å². The molecule has 0 radical (unpaired) electrons. The third-order valence-electron chi connectivity index (χ3n) is 3.79. The van der Waals surface area contributed by atoms with Gasteiger partial charge in [-0.25, -0.2) is 13.1 Å². The van der Waals surface area contributed by atoms with E-state index in [4.69, 9.17) is 9.15 Å². The number of rotatable bonds is 6. The quantitative estimate of drug-likeness (QED) is 0.714. The fourth-order valence-corrected chi connectivity index (χ4v) is 3.59. The van der Waals surface area contributed by atoms with Crippen molar-refractivity contribution >= 4 is 10.0 Å². The molecule has 2 aromatic carbocycles. The zero-order valence-corrected chi connectivity index (χ0v) is 15.5. The van der Waals surface area contributed by atoms with E-state index in [1.165, 1.54) is 7.11 Å². The van der Waals surface area contributed by atoms with E-state index in [0.717, 1.165) is 16.7 Å². The van der Waals surface area contributed by atoms with E-state index in [9.17, 15) is 8.42 Å². The van der Waals surface area contributed by atoms with Gasteiger partial charge in [0, 0.05) is 5.56 Å². The van der Waals surface area contributed by atoms with Gasteiger partial charge in [-0.2, -0.15) is 0 Å². The molecule has 0 spiro atoms. The number of hydrogen-bond acceptors (Lipinski definition) is 6. The minimum Gasteiger partial charge on any atom is -0.495 e. The molecule has 0 aliphatic carbocycles. The molecule has 0 fully saturated rings. The minimum absolute atomic E-state index is 0.0678. The number of hydrogen-bond donors (Lipinski definition) is 1. The maximum absolute atomic E-state index is 12.6. The summed E-state index contributed by atoms with van der Waals surface area (Å²) in [6.45, 7) is 3.68. The fourth-order valence-electron chi connectivity index (χ4n) is 2.37. The summed E-state index contributed by atoms with van der Waals surface area (Å²) < 4.78 is 38.3. The highest BCUT2D eigenvalue weighted by Crippen LogP contribution is 2.25. The first-order valence-corrected chi connectivity index (χ1v) is 9.41. The molecule has 136 valence electrons. The molecule has 7 nitrogen and oxygen atoms in total. The fraction of sp³-hybridized carbons (Fsp3) is 0.222. The van der Waals surface area contributed by atoms with Gasteiger partial charge in [0.15, 0.2) is 0 Å². The van der Waals surface area contributed by atoms with Crippen molar-refractivity contribution in [3.05, 3.63) is 59.5 Å². The van der Waals surface area contributed by atoms with Crippen molar-refractivity contribution in [3.63, 3.8) is 0 Å². The number of aryl methyl sites for hydroxylation is 2. The largest absolute Gasteiger partial charge is 0.495 e. The molecule has 0 saturated carbocycles. The highest BCUT2D eigenvalue weighted by atomic mass is 32.2. The van der Waals surface area contributed by atoms with E-state index in [1.54, 1.807) is 18.2 Å². The van der Waals surface area contributed by atoms with Crippen LogP contribution in [0.3, 0.4) is 0 Å². The lowest BCUT2D eigenvalue weighted by Gasteiger charge is -2.10. The summed E-state index contributed by atoms with van der Waals surface area (Å²) in [6, 6.07) is 12.6. The van der Waals surface area contributed by atoms with Crippen LogP contribution in [0.5, 0.6) is 5.75 Å². The average molecular weight is 373 g/mol. The third-order valence-corrected chi connectivity index (χ3v) is 5.21. The van der Waals surface area contributed by atoms with E-state index in [1.807, 2.05) is 38.1 Å². The Kier molecular flexibility index (Phi) is 5.06. The Morgan fingerprint density at radius 2 is 1.73 bits per heavy atom. The molecule has 3 rings (SSSR count). The Morgan fingerprint density at radius 1 is 1.04 bits per heavy atom. The van der Waals surface area contributed by atoms with Crippen molar-refractivity contribution in [3.8, 4) is 17.2 Å². The Hall–Kier alpha value is -2.71. The summed E-state index contributed by atoms with van der Waals surface area (Å²) >= 11 is 0. The van der Waals surface area contributed by atoms with Crippen LogP contribution in [0.2, 0.25) is 0 Å². The second-order valence-electron chi connectivity index (χ2n) is 5.85. The first-order valence-electron chi connectivity index (χ1n) is 7.93. The second kappa shape index (κ2) is 7.27. The Balaban J connectivity index is 1.77. The van der Waals surface area contributed by atoms with Crippen molar-refractivity contribution in [2.45, 2.75) is 25.3 Å².